The molecule has 1 atom stereocenters. The lowest BCUT2D eigenvalue weighted by molar-refractivity contribution is -0.136. The molecule has 4 rings (SSSR count). The summed E-state index contributed by atoms with van der Waals surface area (Å²) in [5.74, 6) is 0.407. The zero-order chi connectivity index (χ0) is 19.5. The fraction of sp³-hybridized carbons (Fsp3) is 0.130. The van der Waals surface area contributed by atoms with Crippen molar-refractivity contribution in [2.75, 3.05) is 7.11 Å². The van der Waals surface area contributed by atoms with Crippen molar-refractivity contribution in [2.24, 2.45) is 4.99 Å². The van der Waals surface area contributed by atoms with Gasteiger partial charge in [0.15, 0.2) is 0 Å². The second-order valence-electron chi connectivity index (χ2n) is 6.50. The lowest BCUT2D eigenvalue weighted by atomic mass is 9.93. The van der Waals surface area contributed by atoms with Gasteiger partial charge in [-0.05, 0) is 41.1 Å². The molecule has 28 heavy (non-hydrogen) atoms. The molecular formula is C23H20N2O2S. The van der Waals surface area contributed by atoms with Crippen LogP contribution in [0.25, 0.3) is 11.1 Å². The largest absolute Gasteiger partial charge is 0.466 e. The number of ether oxygens (including phenoxy) is 1. The van der Waals surface area contributed by atoms with Gasteiger partial charge in [0.25, 0.3) is 0 Å². The lowest BCUT2D eigenvalue weighted by Crippen LogP contribution is -2.32. The Balaban J connectivity index is 1.81. The van der Waals surface area contributed by atoms with Crippen molar-refractivity contribution in [1.29, 1.82) is 0 Å². The second kappa shape index (κ2) is 7.82. The highest BCUT2D eigenvalue weighted by atomic mass is 32.1. The first kappa shape index (κ1) is 18.2. The van der Waals surface area contributed by atoms with E-state index < -0.39 is 6.04 Å². The van der Waals surface area contributed by atoms with Crippen LogP contribution in [0.15, 0.2) is 88.4 Å². The third-order valence-corrected chi connectivity index (χ3v) is 5.59. The molecule has 2 aromatic carbocycles. The Kier molecular flexibility index (Phi) is 5.08. The quantitative estimate of drug-likeness (QED) is 0.643. The molecule has 1 unspecified atom stereocenters. The smallest absolute Gasteiger partial charge is 0.338 e. The molecule has 0 saturated carbocycles. The molecule has 0 fully saturated rings. The summed E-state index contributed by atoms with van der Waals surface area (Å²) in [6, 6.07) is 21.9. The number of hydrogen-bond donors (Lipinski definition) is 1. The number of thiophene rings is 1. The number of carbonyl (C=O) groups excluding carboxylic acids is 1. The van der Waals surface area contributed by atoms with Gasteiger partial charge in [0, 0.05) is 5.70 Å². The minimum atomic E-state index is -0.422. The van der Waals surface area contributed by atoms with E-state index in [4.69, 9.17) is 9.73 Å². The Morgan fingerprint density at radius 1 is 1.04 bits per heavy atom. The molecular weight excluding hydrogens is 368 g/mol. The number of allylic oxidation sites excluding steroid dienone is 1. The Hall–Kier alpha value is -3.18. The molecule has 0 aliphatic carbocycles. The summed E-state index contributed by atoms with van der Waals surface area (Å²) >= 11 is 1.61. The minimum Gasteiger partial charge on any atom is -0.466 e. The number of rotatable bonds is 4. The molecule has 0 amide bonds. The molecule has 0 bridgehead atoms. The molecule has 2 heterocycles. The van der Waals surface area contributed by atoms with Crippen LogP contribution >= 0.6 is 11.3 Å². The molecule has 1 aliphatic rings. The number of hydrogen-bond acceptors (Lipinski definition) is 5. The van der Waals surface area contributed by atoms with Gasteiger partial charge in [-0.3, -0.25) is 4.99 Å². The summed E-state index contributed by atoms with van der Waals surface area (Å²) in [4.78, 5) is 18.4. The average Bonchev–Trinajstić information content (AvgIpc) is 3.28. The highest BCUT2D eigenvalue weighted by molar-refractivity contribution is 7.12. The normalized spacial score (nSPS) is 16.4. The van der Waals surface area contributed by atoms with Gasteiger partial charge in [0.05, 0.1) is 17.6 Å². The number of aliphatic imine (C=N–C) groups is 1. The molecule has 1 N–H and O–H groups in total. The standard InChI is InChI=1S/C23H20N2O2S/c1-15-20(23(26)27-2)21(25-22(24-15)19-12-7-13-28-19)18-11-6-10-17(14-18)16-8-4-3-5-9-16/h3-14,21H,1-2H3,(H,24,25). The van der Waals surface area contributed by atoms with Gasteiger partial charge in [-0.15, -0.1) is 11.3 Å². The Bertz CT molecular complexity index is 1050. The van der Waals surface area contributed by atoms with E-state index in [1.807, 2.05) is 54.8 Å². The first-order valence-corrected chi connectivity index (χ1v) is 9.88. The van der Waals surface area contributed by atoms with Crippen molar-refractivity contribution in [3.8, 4) is 11.1 Å². The van der Waals surface area contributed by atoms with Gasteiger partial charge < -0.3 is 10.1 Å². The van der Waals surface area contributed by atoms with Crippen molar-refractivity contribution < 1.29 is 9.53 Å². The maximum absolute atomic E-state index is 12.5. The molecule has 1 aromatic heterocycles. The zero-order valence-corrected chi connectivity index (χ0v) is 16.5. The maximum Gasteiger partial charge on any atom is 0.338 e. The molecule has 4 nitrogen and oxygen atoms in total. The second-order valence-corrected chi connectivity index (χ2v) is 7.45. The van der Waals surface area contributed by atoms with E-state index in [0.29, 0.717) is 5.57 Å². The van der Waals surface area contributed by atoms with Gasteiger partial charge >= 0.3 is 5.97 Å². The van der Waals surface area contributed by atoms with Crippen molar-refractivity contribution >= 4 is 23.1 Å². The molecule has 5 heteroatoms. The summed E-state index contributed by atoms with van der Waals surface area (Å²) in [5, 5.41) is 5.28. The van der Waals surface area contributed by atoms with E-state index >= 15 is 0 Å². The maximum atomic E-state index is 12.5. The van der Waals surface area contributed by atoms with Crippen molar-refractivity contribution in [2.45, 2.75) is 13.0 Å². The van der Waals surface area contributed by atoms with Crippen LogP contribution in [-0.2, 0) is 9.53 Å². The van der Waals surface area contributed by atoms with Crippen LogP contribution in [0.3, 0.4) is 0 Å². The number of methoxy groups -OCH3 is 1. The first-order chi connectivity index (χ1) is 13.7. The van der Waals surface area contributed by atoms with Crippen molar-refractivity contribution in [1.82, 2.24) is 5.32 Å². The van der Waals surface area contributed by atoms with Crippen LogP contribution in [0, 0.1) is 0 Å². The molecule has 140 valence electrons. The van der Waals surface area contributed by atoms with E-state index in [0.717, 1.165) is 33.1 Å². The van der Waals surface area contributed by atoms with Crippen LogP contribution in [0.5, 0.6) is 0 Å². The third-order valence-electron chi connectivity index (χ3n) is 4.71. The summed E-state index contributed by atoms with van der Waals surface area (Å²) in [6.07, 6.45) is 0. The molecule has 3 aromatic rings. The Morgan fingerprint density at radius 3 is 2.54 bits per heavy atom. The van der Waals surface area contributed by atoms with E-state index in [2.05, 4.69) is 29.6 Å². The SMILES string of the molecule is COC(=O)C1=C(C)NC(c2cccs2)=NC1c1cccc(-c2ccccc2)c1. The Morgan fingerprint density at radius 2 is 1.82 bits per heavy atom. The van der Waals surface area contributed by atoms with Gasteiger partial charge in [-0.1, -0.05) is 54.6 Å². The van der Waals surface area contributed by atoms with Crippen LogP contribution in [0.2, 0.25) is 0 Å². The van der Waals surface area contributed by atoms with E-state index in [1.54, 1.807) is 11.3 Å². The monoisotopic (exact) mass is 388 g/mol. The van der Waals surface area contributed by atoms with Gasteiger partial charge in [0.1, 0.15) is 11.9 Å². The number of carbonyl (C=O) groups is 1. The van der Waals surface area contributed by atoms with Crippen LogP contribution in [0.1, 0.15) is 23.4 Å². The fourth-order valence-electron chi connectivity index (χ4n) is 3.35. The first-order valence-electron chi connectivity index (χ1n) is 9.00. The summed E-state index contributed by atoms with van der Waals surface area (Å²) in [7, 11) is 1.40. The highest BCUT2D eigenvalue weighted by Gasteiger charge is 2.30. The molecule has 0 radical (unpaired) electrons. The van der Waals surface area contributed by atoms with Crippen LogP contribution in [-0.4, -0.2) is 18.9 Å². The van der Waals surface area contributed by atoms with E-state index in [1.165, 1.54) is 7.11 Å². The van der Waals surface area contributed by atoms with Crippen LogP contribution < -0.4 is 5.32 Å². The molecule has 1 aliphatic heterocycles. The third kappa shape index (κ3) is 3.49. The van der Waals surface area contributed by atoms with Gasteiger partial charge in [0.2, 0.25) is 0 Å². The van der Waals surface area contributed by atoms with Crippen LogP contribution in [0.4, 0.5) is 0 Å². The average molecular weight is 388 g/mol. The summed E-state index contributed by atoms with van der Waals surface area (Å²) in [5.41, 5.74) is 4.47. The lowest BCUT2D eigenvalue weighted by Gasteiger charge is -2.25. The van der Waals surface area contributed by atoms with Crippen molar-refractivity contribution in [3.63, 3.8) is 0 Å². The number of nitrogens with one attached hydrogen (secondary N) is 1. The fourth-order valence-corrected chi connectivity index (χ4v) is 4.03. The number of nitrogens with zero attached hydrogens (tertiary/aromatic N) is 1. The topological polar surface area (TPSA) is 50.7 Å². The van der Waals surface area contributed by atoms with E-state index in [9.17, 15) is 4.79 Å². The summed E-state index contributed by atoms with van der Waals surface area (Å²) in [6.45, 7) is 1.89. The predicted octanol–water partition coefficient (Wildman–Crippen LogP) is 4.95. The van der Waals surface area contributed by atoms with Gasteiger partial charge in [-0.2, -0.15) is 0 Å². The highest BCUT2D eigenvalue weighted by Crippen LogP contribution is 2.34. The van der Waals surface area contributed by atoms with E-state index in [-0.39, 0.29) is 5.97 Å². The zero-order valence-electron chi connectivity index (χ0n) is 15.7. The molecule has 0 saturated heterocycles. The van der Waals surface area contributed by atoms with Gasteiger partial charge in [-0.25, -0.2) is 4.79 Å². The van der Waals surface area contributed by atoms with Crippen molar-refractivity contribution in [3.05, 3.63) is 93.8 Å². The number of esters is 1. The summed E-state index contributed by atoms with van der Waals surface area (Å²) < 4.78 is 5.05. The Labute approximate surface area is 168 Å². The number of amidine groups is 1. The predicted molar refractivity (Wildman–Crippen MR) is 113 cm³/mol. The number of benzene rings is 2. The molecule has 0 spiro atoms. The minimum absolute atomic E-state index is 0.367.